The molecule has 108 valence electrons. The molecule has 2 aromatic heterocycles. The molecule has 0 N–H and O–H groups in total. The minimum absolute atomic E-state index is 0.426. The third-order valence-electron chi connectivity index (χ3n) is 2.79. The molecular formula is C14H13BrN4O2. The van der Waals surface area contributed by atoms with E-state index >= 15 is 0 Å². The van der Waals surface area contributed by atoms with Crippen molar-refractivity contribution in [2.75, 3.05) is 6.61 Å². The Morgan fingerprint density at radius 2 is 2.19 bits per heavy atom. The highest BCUT2D eigenvalue weighted by atomic mass is 79.9. The van der Waals surface area contributed by atoms with Crippen LogP contribution in [0.1, 0.15) is 12.8 Å². The number of rotatable bonds is 5. The van der Waals surface area contributed by atoms with E-state index < -0.39 is 0 Å². The fourth-order valence-electron chi connectivity index (χ4n) is 1.92. The van der Waals surface area contributed by atoms with E-state index in [0.717, 1.165) is 15.8 Å². The molecule has 0 unspecified atom stereocenters. The van der Waals surface area contributed by atoms with Crippen LogP contribution in [-0.4, -0.2) is 26.5 Å². The zero-order valence-electron chi connectivity index (χ0n) is 11.4. The van der Waals surface area contributed by atoms with Crippen LogP contribution in [0.4, 0.5) is 0 Å². The Morgan fingerprint density at radius 3 is 2.95 bits per heavy atom. The van der Waals surface area contributed by atoms with Crippen LogP contribution in [0.2, 0.25) is 0 Å². The average Bonchev–Trinajstić information content (AvgIpc) is 3.10. The number of aromatic nitrogens is 4. The monoisotopic (exact) mass is 348 g/mol. The molecule has 3 rings (SSSR count). The van der Waals surface area contributed by atoms with Crippen molar-refractivity contribution in [2.45, 2.75) is 13.5 Å². The Morgan fingerprint density at radius 1 is 1.33 bits per heavy atom. The van der Waals surface area contributed by atoms with Crippen LogP contribution >= 0.6 is 15.9 Å². The van der Waals surface area contributed by atoms with Crippen molar-refractivity contribution < 1.29 is 9.26 Å². The molecule has 0 bridgehead atoms. The lowest BCUT2D eigenvalue weighted by atomic mass is 10.2. The molecule has 6 nitrogen and oxygen atoms in total. The highest BCUT2D eigenvalue weighted by molar-refractivity contribution is 9.10. The topological polar surface area (TPSA) is 66.0 Å². The van der Waals surface area contributed by atoms with Gasteiger partial charge in [0.25, 0.3) is 0 Å². The number of nitrogens with zero attached hydrogens (tertiary/aromatic N) is 4. The van der Waals surface area contributed by atoms with E-state index in [1.54, 1.807) is 10.9 Å². The second kappa shape index (κ2) is 6.09. The standard InChI is InChI=1S/C14H13BrN4O2/c1-2-20-12-6-4-3-5-11(12)14-17-13(21-18-14)9-19-8-10(15)7-16-19/h3-8H,2,9H2,1H3. The minimum Gasteiger partial charge on any atom is -0.493 e. The summed E-state index contributed by atoms with van der Waals surface area (Å²) in [7, 11) is 0. The smallest absolute Gasteiger partial charge is 0.248 e. The molecule has 3 aromatic rings. The van der Waals surface area contributed by atoms with Crippen molar-refractivity contribution in [3.63, 3.8) is 0 Å². The molecule has 0 amide bonds. The lowest BCUT2D eigenvalue weighted by Crippen LogP contribution is -2.00. The van der Waals surface area contributed by atoms with Gasteiger partial charge in [-0.15, -0.1) is 0 Å². The van der Waals surface area contributed by atoms with Gasteiger partial charge >= 0.3 is 0 Å². The van der Waals surface area contributed by atoms with Crippen molar-refractivity contribution in [2.24, 2.45) is 0 Å². The molecule has 21 heavy (non-hydrogen) atoms. The van der Waals surface area contributed by atoms with E-state index in [1.807, 2.05) is 37.4 Å². The van der Waals surface area contributed by atoms with E-state index in [2.05, 4.69) is 31.2 Å². The van der Waals surface area contributed by atoms with Crippen LogP contribution in [0.15, 0.2) is 45.7 Å². The summed E-state index contributed by atoms with van der Waals surface area (Å²) in [4.78, 5) is 4.39. The maximum atomic E-state index is 5.58. The van der Waals surface area contributed by atoms with E-state index in [0.29, 0.717) is 24.9 Å². The third kappa shape index (κ3) is 3.13. The first kappa shape index (κ1) is 13.8. The predicted octanol–water partition coefficient (Wildman–Crippen LogP) is 3.14. The highest BCUT2D eigenvalue weighted by Crippen LogP contribution is 2.27. The normalized spacial score (nSPS) is 10.8. The van der Waals surface area contributed by atoms with Crippen molar-refractivity contribution in [3.8, 4) is 17.1 Å². The van der Waals surface area contributed by atoms with Gasteiger partial charge in [-0.25, -0.2) is 0 Å². The summed E-state index contributed by atoms with van der Waals surface area (Å²) in [5.41, 5.74) is 0.816. The number of para-hydroxylation sites is 1. The van der Waals surface area contributed by atoms with E-state index in [9.17, 15) is 0 Å². The molecular weight excluding hydrogens is 336 g/mol. The fraction of sp³-hybridized carbons (Fsp3) is 0.214. The molecule has 0 atom stereocenters. The second-order valence-corrected chi connectivity index (χ2v) is 5.21. The van der Waals surface area contributed by atoms with Crippen LogP contribution < -0.4 is 4.74 Å². The van der Waals surface area contributed by atoms with Crippen molar-refractivity contribution in [1.82, 2.24) is 19.9 Å². The van der Waals surface area contributed by atoms with Gasteiger partial charge in [-0.2, -0.15) is 10.1 Å². The SMILES string of the molecule is CCOc1ccccc1-c1noc(Cn2cc(Br)cn2)n1. The Kier molecular flexibility index (Phi) is 4.01. The lowest BCUT2D eigenvalue weighted by Gasteiger charge is -2.05. The van der Waals surface area contributed by atoms with Crippen molar-refractivity contribution >= 4 is 15.9 Å². The number of benzene rings is 1. The molecule has 0 spiro atoms. The minimum atomic E-state index is 0.426. The van der Waals surface area contributed by atoms with Crippen molar-refractivity contribution in [3.05, 3.63) is 47.0 Å². The van der Waals surface area contributed by atoms with Crippen LogP contribution in [0.5, 0.6) is 5.75 Å². The largest absolute Gasteiger partial charge is 0.493 e. The molecule has 0 aliphatic carbocycles. The van der Waals surface area contributed by atoms with Gasteiger partial charge in [-0.1, -0.05) is 17.3 Å². The summed E-state index contributed by atoms with van der Waals surface area (Å²) < 4.78 is 13.5. The van der Waals surface area contributed by atoms with Gasteiger partial charge in [-0.3, -0.25) is 4.68 Å². The summed E-state index contributed by atoms with van der Waals surface area (Å²) in [5, 5.41) is 8.17. The number of hydrogen-bond acceptors (Lipinski definition) is 5. The third-order valence-corrected chi connectivity index (χ3v) is 3.20. The lowest BCUT2D eigenvalue weighted by molar-refractivity contribution is 0.340. The Hall–Kier alpha value is -2.15. The van der Waals surface area contributed by atoms with E-state index in [-0.39, 0.29) is 0 Å². The zero-order chi connectivity index (χ0) is 14.7. The molecule has 2 heterocycles. The molecule has 0 aliphatic rings. The first-order valence-corrected chi connectivity index (χ1v) is 7.28. The summed E-state index contributed by atoms with van der Waals surface area (Å²) in [6.07, 6.45) is 3.56. The van der Waals surface area contributed by atoms with Crippen LogP contribution in [0, 0.1) is 0 Å². The number of hydrogen-bond donors (Lipinski definition) is 0. The zero-order valence-corrected chi connectivity index (χ0v) is 12.9. The fourth-order valence-corrected chi connectivity index (χ4v) is 2.25. The molecule has 0 aliphatic heterocycles. The predicted molar refractivity (Wildman–Crippen MR) is 79.9 cm³/mol. The van der Waals surface area contributed by atoms with Gasteiger partial charge in [0.05, 0.1) is 22.8 Å². The van der Waals surface area contributed by atoms with Crippen LogP contribution in [-0.2, 0) is 6.54 Å². The Bertz CT molecular complexity index is 738. The van der Waals surface area contributed by atoms with Gasteiger partial charge in [0.15, 0.2) is 0 Å². The van der Waals surface area contributed by atoms with Crippen LogP contribution in [0.25, 0.3) is 11.4 Å². The van der Waals surface area contributed by atoms with Gasteiger partial charge < -0.3 is 9.26 Å². The maximum Gasteiger partial charge on any atom is 0.248 e. The van der Waals surface area contributed by atoms with Crippen LogP contribution in [0.3, 0.4) is 0 Å². The van der Waals surface area contributed by atoms with Gasteiger partial charge in [0, 0.05) is 6.20 Å². The summed E-state index contributed by atoms with van der Waals surface area (Å²) >= 11 is 3.35. The first-order chi connectivity index (χ1) is 10.3. The van der Waals surface area contributed by atoms with Crippen molar-refractivity contribution in [1.29, 1.82) is 0 Å². The summed E-state index contributed by atoms with van der Waals surface area (Å²) in [6.45, 7) is 2.95. The molecule has 7 heteroatoms. The quantitative estimate of drug-likeness (QED) is 0.708. The molecule has 0 fully saturated rings. The number of ether oxygens (including phenoxy) is 1. The molecule has 0 saturated carbocycles. The van der Waals surface area contributed by atoms with Gasteiger partial charge in [0.2, 0.25) is 11.7 Å². The molecule has 0 radical (unpaired) electrons. The average molecular weight is 349 g/mol. The molecule has 0 saturated heterocycles. The molecule has 1 aromatic carbocycles. The Balaban J connectivity index is 1.84. The van der Waals surface area contributed by atoms with Gasteiger partial charge in [-0.05, 0) is 35.0 Å². The second-order valence-electron chi connectivity index (χ2n) is 4.30. The maximum absolute atomic E-state index is 5.58. The van der Waals surface area contributed by atoms with E-state index in [1.165, 1.54) is 0 Å². The summed E-state index contributed by atoms with van der Waals surface area (Å²) in [5.74, 6) is 1.75. The highest BCUT2D eigenvalue weighted by Gasteiger charge is 2.13. The van der Waals surface area contributed by atoms with E-state index in [4.69, 9.17) is 9.26 Å². The summed E-state index contributed by atoms with van der Waals surface area (Å²) in [6, 6.07) is 7.62. The first-order valence-electron chi connectivity index (χ1n) is 6.49. The van der Waals surface area contributed by atoms with Gasteiger partial charge in [0.1, 0.15) is 12.3 Å². The Labute approximate surface area is 129 Å². The number of halogens is 1.